The molecule has 0 aliphatic carbocycles. The first-order valence-electron chi connectivity index (χ1n) is 6.48. The van der Waals surface area contributed by atoms with Crippen molar-refractivity contribution >= 4 is 12.0 Å². The minimum atomic E-state index is -0.980. The van der Waals surface area contributed by atoms with Crippen LogP contribution in [-0.4, -0.2) is 38.0 Å². The Balaban J connectivity index is 2.07. The minimum absolute atomic E-state index is 0.401. The summed E-state index contributed by atoms with van der Waals surface area (Å²) in [6.45, 7) is 2.08. The second-order valence-electron chi connectivity index (χ2n) is 4.62. The molecule has 5 nitrogen and oxygen atoms in total. The van der Waals surface area contributed by atoms with Crippen molar-refractivity contribution in [1.82, 2.24) is 0 Å². The third kappa shape index (κ3) is 3.99. The number of hydrogen-bond donors (Lipinski definition) is 1. The standard InChI is InChI=1S/C15H18O5/c1-18-13-4-2-11(3-5-15(16)17)8-14(13)20-10-12-6-7-19-9-12/h2-5,8,12H,6-7,9-10H2,1H3,(H,16,17). The lowest BCUT2D eigenvalue weighted by atomic mass is 10.1. The van der Waals surface area contributed by atoms with Crippen molar-refractivity contribution < 1.29 is 24.1 Å². The Labute approximate surface area is 117 Å². The van der Waals surface area contributed by atoms with Gasteiger partial charge in [-0.05, 0) is 30.2 Å². The number of rotatable bonds is 6. The van der Waals surface area contributed by atoms with Gasteiger partial charge in [-0.25, -0.2) is 4.79 Å². The molecule has 2 rings (SSSR count). The van der Waals surface area contributed by atoms with Gasteiger partial charge in [0.15, 0.2) is 11.5 Å². The van der Waals surface area contributed by atoms with E-state index in [1.54, 1.807) is 25.3 Å². The molecular formula is C15H18O5. The van der Waals surface area contributed by atoms with E-state index in [0.717, 1.165) is 31.3 Å². The predicted octanol–water partition coefficient (Wildman–Crippen LogP) is 2.21. The second kappa shape index (κ2) is 6.96. The van der Waals surface area contributed by atoms with Crippen molar-refractivity contribution in [3.05, 3.63) is 29.8 Å². The minimum Gasteiger partial charge on any atom is -0.493 e. The van der Waals surface area contributed by atoms with Gasteiger partial charge in [-0.3, -0.25) is 0 Å². The van der Waals surface area contributed by atoms with E-state index in [2.05, 4.69) is 0 Å². The quantitative estimate of drug-likeness (QED) is 0.808. The number of ether oxygens (including phenoxy) is 3. The van der Waals surface area contributed by atoms with E-state index >= 15 is 0 Å². The summed E-state index contributed by atoms with van der Waals surface area (Å²) in [6.07, 6.45) is 3.62. The average molecular weight is 278 g/mol. The Kier molecular flexibility index (Phi) is 5.01. The van der Waals surface area contributed by atoms with E-state index in [1.807, 2.05) is 0 Å². The van der Waals surface area contributed by atoms with Gasteiger partial charge < -0.3 is 19.3 Å². The molecule has 0 aromatic heterocycles. The van der Waals surface area contributed by atoms with Gasteiger partial charge in [0.25, 0.3) is 0 Å². The molecule has 1 aliphatic rings. The van der Waals surface area contributed by atoms with Crippen molar-refractivity contribution in [2.45, 2.75) is 6.42 Å². The van der Waals surface area contributed by atoms with Gasteiger partial charge in [-0.15, -0.1) is 0 Å². The molecule has 5 heteroatoms. The molecule has 1 heterocycles. The first kappa shape index (κ1) is 14.4. The number of carboxylic acids is 1. The lowest BCUT2D eigenvalue weighted by Gasteiger charge is -2.14. The molecule has 108 valence electrons. The maximum atomic E-state index is 10.5. The van der Waals surface area contributed by atoms with Crippen LogP contribution in [0.25, 0.3) is 6.08 Å². The number of benzene rings is 1. The molecule has 1 unspecified atom stereocenters. The van der Waals surface area contributed by atoms with Gasteiger partial charge in [-0.2, -0.15) is 0 Å². The van der Waals surface area contributed by atoms with Gasteiger partial charge in [0.05, 0.1) is 20.3 Å². The lowest BCUT2D eigenvalue weighted by Crippen LogP contribution is -2.12. The number of aliphatic carboxylic acids is 1. The molecule has 1 saturated heterocycles. The van der Waals surface area contributed by atoms with Crippen LogP contribution in [0.15, 0.2) is 24.3 Å². The second-order valence-corrected chi connectivity index (χ2v) is 4.62. The van der Waals surface area contributed by atoms with E-state index in [4.69, 9.17) is 19.3 Å². The molecule has 1 aromatic rings. The summed E-state index contributed by atoms with van der Waals surface area (Å²) < 4.78 is 16.3. The highest BCUT2D eigenvalue weighted by Crippen LogP contribution is 2.29. The van der Waals surface area contributed by atoms with E-state index in [9.17, 15) is 4.79 Å². The van der Waals surface area contributed by atoms with Gasteiger partial charge >= 0.3 is 5.97 Å². The van der Waals surface area contributed by atoms with Crippen LogP contribution in [0.4, 0.5) is 0 Å². The Hall–Kier alpha value is -2.01. The molecule has 1 atom stereocenters. The number of hydrogen-bond acceptors (Lipinski definition) is 4. The number of carbonyl (C=O) groups is 1. The molecule has 0 spiro atoms. The fourth-order valence-corrected chi connectivity index (χ4v) is 2.00. The first-order chi connectivity index (χ1) is 9.69. The average Bonchev–Trinajstić information content (AvgIpc) is 2.96. The van der Waals surface area contributed by atoms with Gasteiger partial charge in [-0.1, -0.05) is 6.07 Å². The Morgan fingerprint density at radius 3 is 3.00 bits per heavy atom. The maximum Gasteiger partial charge on any atom is 0.328 e. The van der Waals surface area contributed by atoms with Gasteiger partial charge in [0, 0.05) is 18.6 Å². The molecule has 0 amide bonds. The summed E-state index contributed by atoms with van der Waals surface area (Å²) in [6, 6.07) is 5.32. The Morgan fingerprint density at radius 2 is 2.35 bits per heavy atom. The fourth-order valence-electron chi connectivity index (χ4n) is 2.00. The van der Waals surface area contributed by atoms with Crippen LogP contribution in [0.1, 0.15) is 12.0 Å². The van der Waals surface area contributed by atoms with Crippen LogP contribution in [-0.2, 0) is 9.53 Å². The van der Waals surface area contributed by atoms with Crippen LogP contribution in [0, 0.1) is 5.92 Å². The molecule has 1 aromatic carbocycles. The van der Waals surface area contributed by atoms with Gasteiger partial charge in [0.2, 0.25) is 0 Å². The van der Waals surface area contributed by atoms with Crippen LogP contribution in [0.2, 0.25) is 0 Å². The highest BCUT2D eigenvalue weighted by Gasteiger charge is 2.17. The third-order valence-corrected chi connectivity index (χ3v) is 3.10. The summed E-state index contributed by atoms with van der Waals surface area (Å²) >= 11 is 0. The van der Waals surface area contributed by atoms with Crippen LogP contribution in [0.5, 0.6) is 11.5 Å². The Bertz CT molecular complexity index is 489. The van der Waals surface area contributed by atoms with E-state index in [0.29, 0.717) is 24.0 Å². The van der Waals surface area contributed by atoms with E-state index in [-0.39, 0.29) is 0 Å². The largest absolute Gasteiger partial charge is 0.493 e. The van der Waals surface area contributed by atoms with Crippen LogP contribution in [0.3, 0.4) is 0 Å². The van der Waals surface area contributed by atoms with Crippen molar-refractivity contribution in [1.29, 1.82) is 0 Å². The summed E-state index contributed by atoms with van der Waals surface area (Å²) in [7, 11) is 1.58. The van der Waals surface area contributed by atoms with Crippen molar-refractivity contribution in [3.63, 3.8) is 0 Å². The van der Waals surface area contributed by atoms with Crippen LogP contribution >= 0.6 is 0 Å². The summed E-state index contributed by atoms with van der Waals surface area (Å²) in [5.74, 6) is 0.674. The SMILES string of the molecule is COc1ccc(C=CC(=O)O)cc1OCC1CCOC1. The highest BCUT2D eigenvalue weighted by molar-refractivity contribution is 5.85. The van der Waals surface area contributed by atoms with Crippen molar-refractivity contribution in [2.24, 2.45) is 5.92 Å². The smallest absolute Gasteiger partial charge is 0.328 e. The number of methoxy groups -OCH3 is 1. The first-order valence-corrected chi connectivity index (χ1v) is 6.48. The van der Waals surface area contributed by atoms with Crippen molar-refractivity contribution in [3.8, 4) is 11.5 Å². The predicted molar refractivity (Wildman–Crippen MR) is 74.1 cm³/mol. The Morgan fingerprint density at radius 1 is 1.50 bits per heavy atom. The fraction of sp³-hybridized carbons (Fsp3) is 0.400. The number of carboxylic acid groups (broad SMARTS) is 1. The third-order valence-electron chi connectivity index (χ3n) is 3.10. The van der Waals surface area contributed by atoms with Crippen LogP contribution < -0.4 is 9.47 Å². The molecule has 1 fully saturated rings. The normalized spacial score (nSPS) is 18.4. The monoisotopic (exact) mass is 278 g/mol. The molecule has 0 bridgehead atoms. The van der Waals surface area contributed by atoms with E-state index < -0.39 is 5.97 Å². The van der Waals surface area contributed by atoms with Gasteiger partial charge in [0.1, 0.15) is 0 Å². The summed E-state index contributed by atoms with van der Waals surface area (Å²) in [4.78, 5) is 10.5. The summed E-state index contributed by atoms with van der Waals surface area (Å²) in [5.41, 5.74) is 0.755. The van der Waals surface area contributed by atoms with E-state index in [1.165, 1.54) is 6.08 Å². The van der Waals surface area contributed by atoms with Crippen molar-refractivity contribution in [2.75, 3.05) is 26.9 Å². The molecule has 0 saturated carbocycles. The topological polar surface area (TPSA) is 65.0 Å². The zero-order valence-corrected chi connectivity index (χ0v) is 11.4. The maximum absolute atomic E-state index is 10.5. The summed E-state index contributed by atoms with van der Waals surface area (Å²) in [5, 5.41) is 8.64. The highest BCUT2D eigenvalue weighted by atomic mass is 16.5. The lowest BCUT2D eigenvalue weighted by molar-refractivity contribution is -0.131. The molecule has 1 N–H and O–H groups in total. The molecule has 20 heavy (non-hydrogen) atoms. The zero-order chi connectivity index (χ0) is 14.4. The zero-order valence-electron chi connectivity index (χ0n) is 11.4. The molecule has 0 radical (unpaired) electrons. The molecule has 1 aliphatic heterocycles. The molecular weight excluding hydrogens is 260 g/mol.